The Morgan fingerprint density at radius 1 is 1.35 bits per heavy atom. The molecule has 0 aliphatic rings. The van der Waals surface area contributed by atoms with E-state index in [1.807, 2.05) is 31.5 Å². The molecule has 146 valence electrons. The Bertz CT molecular complexity index is 728. The number of guanidine groups is 1. The number of hydrogen-bond donors (Lipinski definition) is 2. The Kier molecular flexibility index (Phi) is 9.73. The summed E-state index contributed by atoms with van der Waals surface area (Å²) >= 11 is 12.1. The van der Waals surface area contributed by atoms with Crippen LogP contribution in [0.25, 0.3) is 0 Å². The van der Waals surface area contributed by atoms with E-state index in [2.05, 4.69) is 25.8 Å². The molecule has 0 atom stereocenters. The molecular weight excluding hydrogens is 490 g/mol. The number of nitrogens with one attached hydrogen (secondary N) is 2. The summed E-state index contributed by atoms with van der Waals surface area (Å²) in [5.41, 5.74) is 0.977. The van der Waals surface area contributed by atoms with E-state index in [0.29, 0.717) is 28.6 Å². The average molecular weight is 515 g/mol. The van der Waals surface area contributed by atoms with E-state index in [1.165, 1.54) is 0 Å². The molecule has 0 fully saturated rings. The van der Waals surface area contributed by atoms with Gasteiger partial charge in [-0.2, -0.15) is 4.98 Å². The predicted molar refractivity (Wildman–Crippen MR) is 116 cm³/mol. The summed E-state index contributed by atoms with van der Waals surface area (Å²) in [6.45, 7) is 5.40. The van der Waals surface area contributed by atoms with E-state index in [1.54, 1.807) is 7.05 Å². The van der Waals surface area contributed by atoms with Gasteiger partial charge in [0.05, 0.1) is 11.6 Å². The summed E-state index contributed by atoms with van der Waals surface area (Å²) in [5.74, 6) is 2.40. The molecule has 2 heterocycles. The van der Waals surface area contributed by atoms with Crippen LogP contribution in [0.1, 0.15) is 43.6 Å². The number of nitrogens with zero attached hydrogens (tertiary/aromatic N) is 4. The van der Waals surface area contributed by atoms with Crippen LogP contribution in [0.5, 0.6) is 0 Å². The number of aliphatic imine (C=N–C) groups is 1. The van der Waals surface area contributed by atoms with Crippen LogP contribution in [-0.2, 0) is 20.0 Å². The number of halogens is 3. The Labute approximate surface area is 180 Å². The first-order chi connectivity index (χ1) is 11.9. The molecule has 0 aliphatic carbocycles. The SMILES string of the molecule is CN=C(NCCCc1nc(C(C)C)no1)NCc1cc(Cl)c(Cl)n1C.I. The Hall–Kier alpha value is -1.000. The summed E-state index contributed by atoms with van der Waals surface area (Å²) in [6, 6.07) is 1.84. The minimum Gasteiger partial charge on any atom is -0.356 e. The molecule has 0 spiro atoms. The molecule has 7 nitrogen and oxygen atoms in total. The molecule has 26 heavy (non-hydrogen) atoms. The smallest absolute Gasteiger partial charge is 0.226 e. The van der Waals surface area contributed by atoms with Crippen molar-refractivity contribution in [3.8, 4) is 0 Å². The van der Waals surface area contributed by atoms with Gasteiger partial charge in [0.1, 0.15) is 5.15 Å². The van der Waals surface area contributed by atoms with Gasteiger partial charge in [0, 0.05) is 38.7 Å². The minimum absolute atomic E-state index is 0. The highest BCUT2D eigenvalue weighted by atomic mass is 127. The monoisotopic (exact) mass is 514 g/mol. The summed E-state index contributed by atoms with van der Waals surface area (Å²) in [7, 11) is 3.60. The highest BCUT2D eigenvalue weighted by molar-refractivity contribution is 14.0. The zero-order chi connectivity index (χ0) is 18.4. The van der Waals surface area contributed by atoms with Crippen LogP contribution >= 0.6 is 47.2 Å². The van der Waals surface area contributed by atoms with E-state index in [4.69, 9.17) is 27.7 Å². The van der Waals surface area contributed by atoms with Gasteiger partial charge >= 0.3 is 0 Å². The molecule has 10 heteroatoms. The summed E-state index contributed by atoms with van der Waals surface area (Å²) in [6.07, 6.45) is 1.59. The number of aryl methyl sites for hydroxylation is 1. The van der Waals surface area contributed by atoms with Crippen molar-refractivity contribution < 1.29 is 4.52 Å². The van der Waals surface area contributed by atoms with E-state index >= 15 is 0 Å². The van der Waals surface area contributed by atoms with Crippen LogP contribution in [0.15, 0.2) is 15.6 Å². The van der Waals surface area contributed by atoms with Crippen molar-refractivity contribution in [1.82, 2.24) is 25.3 Å². The Morgan fingerprint density at radius 3 is 2.62 bits per heavy atom. The zero-order valence-electron chi connectivity index (χ0n) is 15.3. The summed E-state index contributed by atoms with van der Waals surface area (Å²) in [4.78, 5) is 8.57. The van der Waals surface area contributed by atoms with E-state index < -0.39 is 0 Å². The maximum absolute atomic E-state index is 6.07. The van der Waals surface area contributed by atoms with Crippen molar-refractivity contribution >= 4 is 53.1 Å². The second-order valence-electron chi connectivity index (χ2n) is 5.99. The molecule has 0 aliphatic heterocycles. The van der Waals surface area contributed by atoms with Gasteiger partial charge in [-0.3, -0.25) is 4.99 Å². The summed E-state index contributed by atoms with van der Waals surface area (Å²) in [5, 5.41) is 11.5. The maximum Gasteiger partial charge on any atom is 0.226 e. The zero-order valence-corrected chi connectivity index (χ0v) is 19.2. The van der Waals surface area contributed by atoms with E-state index in [9.17, 15) is 0 Å². The van der Waals surface area contributed by atoms with Gasteiger partial charge in [-0.25, -0.2) is 0 Å². The molecule has 2 aromatic heterocycles. The van der Waals surface area contributed by atoms with Crippen molar-refractivity contribution in [1.29, 1.82) is 0 Å². The van der Waals surface area contributed by atoms with Crippen molar-refractivity contribution in [3.05, 3.63) is 33.7 Å². The molecule has 0 bridgehead atoms. The van der Waals surface area contributed by atoms with Crippen molar-refractivity contribution in [3.63, 3.8) is 0 Å². The third kappa shape index (κ3) is 6.31. The number of rotatable bonds is 7. The topological polar surface area (TPSA) is 80.3 Å². The molecule has 0 amide bonds. The van der Waals surface area contributed by atoms with Gasteiger partial charge in [-0.05, 0) is 12.5 Å². The lowest BCUT2D eigenvalue weighted by Crippen LogP contribution is -2.37. The maximum atomic E-state index is 6.07. The molecule has 0 radical (unpaired) electrons. The third-order valence-corrected chi connectivity index (χ3v) is 4.58. The van der Waals surface area contributed by atoms with Crippen molar-refractivity contribution in [2.24, 2.45) is 12.0 Å². The molecule has 2 rings (SSSR count). The van der Waals surface area contributed by atoms with Gasteiger partial charge < -0.3 is 19.7 Å². The van der Waals surface area contributed by atoms with Gasteiger partial charge in [0.25, 0.3) is 0 Å². The predicted octanol–water partition coefficient (Wildman–Crippen LogP) is 3.75. The Balaban J connectivity index is 0.00000338. The van der Waals surface area contributed by atoms with E-state index in [0.717, 1.165) is 30.9 Å². The van der Waals surface area contributed by atoms with Crippen LogP contribution in [-0.4, -0.2) is 34.3 Å². The fourth-order valence-electron chi connectivity index (χ4n) is 2.20. The lowest BCUT2D eigenvalue weighted by Gasteiger charge is -2.12. The second-order valence-corrected chi connectivity index (χ2v) is 6.76. The molecule has 2 N–H and O–H groups in total. The average Bonchev–Trinajstić information content (AvgIpc) is 3.15. The molecule has 0 aromatic carbocycles. The molecule has 0 saturated heterocycles. The number of hydrogen-bond acceptors (Lipinski definition) is 4. The highest BCUT2D eigenvalue weighted by Gasteiger charge is 2.10. The van der Waals surface area contributed by atoms with Gasteiger partial charge in [0.15, 0.2) is 11.8 Å². The molecular formula is C16H25Cl2IN6O. The van der Waals surface area contributed by atoms with Crippen LogP contribution in [0, 0.1) is 0 Å². The third-order valence-electron chi connectivity index (χ3n) is 3.74. The molecule has 0 saturated carbocycles. The van der Waals surface area contributed by atoms with Crippen LogP contribution in [0.2, 0.25) is 10.2 Å². The molecule has 0 unspecified atom stereocenters. The van der Waals surface area contributed by atoms with Crippen LogP contribution in [0.4, 0.5) is 0 Å². The number of aromatic nitrogens is 3. The Morgan fingerprint density at radius 2 is 2.08 bits per heavy atom. The standard InChI is InChI=1S/C16H24Cl2N6O.HI/c1-10(2)15-22-13(25-23-15)6-5-7-20-16(19-3)21-9-11-8-12(17)14(18)24(11)4;/h8,10H,5-7,9H2,1-4H3,(H2,19,20,21);1H. The fourth-order valence-corrected chi connectivity index (χ4v) is 2.62. The largest absolute Gasteiger partial charge is 0.356 e. The van der Waals surface area contributed by atoms with Crippen LogP contribution in [0.3, 0.4) is 0 Å². The fraction of sp³-hybridized carbons (Fsp3) is 0.562. The van der Waals surface area contributed by atoms with Gasteiger partial charge in [0.2, 0.25) is 5.89 Å². The lowest BCUT2D eigenvalue weighted by atomic mass is 10.2. The molecule has 2 aromatic rings. The van der Waals surface area contributed by atoms with Crippen molar-refractivity contribution in [2.75, 3.05) is 13.6 Å². The minimum atomic E-state index is 0. The quantitative estimate of drug-likeness (QED) is 0.254. The van der Waals surface area contributed by atoms with E-state index in [-0.39, 0.29) is 29.9 Å². The summed E-state index contributed by atoms with van der Waals surface area (Å²) < 4.78 is 7.07. The lowest BCUT2D eigenvalue weighted by molar-refractivity contribution is 0.368. The van der Waals surface area contributed by atoms with Gasteiger partial charge in [-0.1, -0.05) is 42.2 Å². The first-order valence-electron chi connectivity index (χ1n) is 8.19. The van der Waals surface area contributed by atoms with Crippen LogP contribution < -0.4 is 10.6 Å². The van der Waals surface area contributed by atoms with Crippen molar-refractivity contribution in [2.45, 2.75) is 39.2 Å². The first-order valence-corrected chi connectivity index (χ1v) is 8.94. The highest BCUT2D eigenvalue weighted by Crippen LogP contribution is 2.24. The first kappa shape index (κ1) is 23.0. The second kappa shape index (κ2) is 11.0. The van der Waals surface area contributed by atoms with Gasteiger partial charge in [-0.15, -0.1) is 24.0 Å². The normalized spacial score (nSPS) is 11.6.